The summed E-state index contributed by atoms with van der Waals surface area (Å²) in [4.78, 5) is 0. The molecule has 1 N–H and O–H groups in total. The van der Waals surface area contributed by atoms with Gasteiger partial charge in [-0.15, -0.1) is 0 Å². The normalized spacial score (nSPS) is 15.6. The molecule has 1 atom stereocenters. The van der Waals surface area contributed by atoms with Gasteiger partial charge in [0.2, 0.25) is 5.60 Å². The number of halogens is 3. The summed E-state index contributed by atoms with van der Waals surface area (Å²) >= 11 is 0. The molecule has 0 spiro atoms. The van der Waals surface area contributed by atoms with Crippen molar-refractivity contribution in [2.75, 3.05) is 0 Å². The Hall–Kier alpha value is -1.85. The average Bonchev–Trinajstić information content (AvgIpc) is 2.53. The largest absolute Gasteiger partial charge is 0.425 e. The molecule has 5 heteroatoms. The number of alkyl halides is 3. The Morgan fingerprint density at radius 2 is 1.35 bits per heavy atom. The lowest BCUT2D eigenvalue weighted by atomic mass is 9.93. The zero-order valence-corrected chi connectivity index (χ0v) is 14.0. The zero-order valence-electron chi connectivity index (χ0n) is 13.0. The van der Waals surface area contributed by atoms with Crippen LogP contribution in [-0.2, 0) is 5.60 Å². The van der Waals surface area contributed by atoms with E-state index in [1.54, 1.807) is 11.8 Å². The smallest absolute Gasteiger partial charge is 0.373 e. The van der Waals surface area contributed by atoms with Gasteiger partial charge in [-0.2, -0.15) is 13.2 Å². The van der Waals surface area contributed by atoms with E-state index >= 15 is 0 Å². The SMILES string of the molecule is C[Si](C)(/C=C/C(O)(c1ccccc1)C(F)(F)F)c1ccccc1. The molecule has 23 heavy (non-hydrogen) atoms. The lowest BCUT2D eigenvalue weighted by Crippen LogP contribution is -2.44. The summed E-state index contributed by atoms with van der Waals surface area (Å²) in [5, 5.41) is 11.3. The molecule has 2 aromatic rings. The van der Waals surface area contributed by atoms with Crippen molar-refractivity contribution < 1.29 is 18.3 Å². The second-order valence-electron chi connectivity index (χ2n) is 6.05. The lowest BCUT2D eigenvalue weighted by Gasteiger charge is -2.29. The number of hydrogen-bond acceptors (Lipinski definition) is 1. The molecule has 0 aliphatic rings. The third-order valence-electron chi connectivity index (χ3n) is 3.91. The van der Waals surface area contributed by atoms with E-state index < -0.39 is 19.9 Å². The van der Waals surface area contributed by atoms with Gasteiger partial charge in [0.05, 0.1) is 0 Å². The molecule has 2 rings (SSSR count). The first kappa shape index (κ1) is 17.5. The van der Waals surface area contributed by atoms with E-state index in [0.717, 1.165) is 11.3 Å². The molecule has 0 heterocycles. The first-order valence-electron chi connectivity index (χ1n) is 7.27. The van der Waals surface area contributed by atoms with E-state index in [1.165, 1.54) is 24.3 Å². The van der Waals surface area contributed by atoms with Crippen molar-refractivity contribution in [3.63, 3.8) is 0 Å². The summed E-state index contributed by atoms with van der Waals surface area (Å²) in [6.07, 6.45) is -3.88. The zero-order chi connectivity index (χ0) is 17.1. The second-order valence-corrected chi connectivity index (χ2v) is 10.4. The third-order valence-corrected chi connectivity index (χ3v) is 6.73. The number of benzene rings is 2. The van der Waals surface area contributed by atoms with Crippen LogP contribution in [0.1, 0.15) is 5.56 Å². The summed E-state index contributed by atoms with van der Waals surface area (Å²) in [5.74, 6) is 0. The molecule has 122 valence electrons. The molecule has 0 radical (unpaired) electrons. The molecule has 0 aliphatic heterocycles. The predicted molar refractivity (Wildman–Crippen MR) is 89.1 cm³/mol. The standard InChI is InChI=1S/C18H19F3OSi/c1-23(2,16-11-7-4-8-12-16)14-13-17(22,18(19,20)21)15-9-5-3-6-10-15/h3-14,22H,1-2H3/b14-13+. The van der Waals surface area contributed by atoms with Crippen molar-refractivity contribution in [3.8, 4) is 0 Å². The maximum Gasteiger partial charge on any atom is 0.425 e. The van der Waals surface area contributed by atoms with Gasteiger partial charge in [-0.05, 0) is 11.6 Å². The van der Waals surface area contributed by atoms with E-state index in [2.05, 4.69) is 0 Å². The predicted octanol–water partition coefficient (Wildman–Crippen LogP) is 4.15. The lowest BCUT2D eigenvalue weighted by molar-refractivity contribution is -0.245. The van der Waals surface area contributed by atoms with Crippen LogP contribution < -0.4 is 5.19 Å². The Bertz CT molecular complexity index is 666. The van der Waals surface area contributed by atoms with Gasteiger partial charge >= 0.3 is 6.18 Å². The molecule has 0 bridgehead atoms. The van der Waals surface area contributed by atoms with Crippen LogP contribution in [0, 0.1) is 0 Å². The molecular formula is C18H19F3OSi. The Balaban J connectivity index is 2.43. The minimum Gasteiger partial charge on any atom is -0.373 e. The van der Waals surface area contributed by atoms with Crippen LogP contribution >= 0.6 is 0 Å². The molecule has 0 fully saturated rings. The summed E-state index contributed by atoms with van der Waals surface area (Å²) in [7, 11) is -2.24. The monoisotopic (exact) mass is 336 g/mol. The highest BCUT2D eigenvalue weighted by atomic mass is 28.3. The van der Waals surface area contributed by atoms with Gasteiger partial charge < -0.3 is 5.11 Å². The Kier molecular flexibility index (Phi) is 4.82. The van der Waals surface area contributed by atoms with Crippen molar-refractivity contribution in [1.82, 2.24) is 0 Å². The molecular weight excluding hydrogens is 317 g/mol. The van der Waals surface area contributed by atoms with Gasteiger partial charge in [0.15, 0.2) is 0 Å². The highest BCUT2D eigenvalue weighted by Crippen LogP contribution is 2.40. The molecule has 2 aromatic carbocycles. The van der Waals surface area contributed by atoms with Gasteiger partial charge in [0.25, 0.3) is 0 Å². The number of hydrogen-bond donors (Lipinski definition) is 1. The Labute approximate surface area is 135 Å². The molecule has 1 unspecified atom stereocenters. The summed E-state index contributed by atoms with van der Waals surface area (Å²) in [6, 6.07) is 16.6. The van der Waals surface area contributed by atoms with Crippen molar-refractivity contribution in [3.05, 3.63) is 78.0 Å². The van der Waals surface area contributed by atoms with Crippen molar-refractivity contribution in [2.45, 2.75) is 24.9 Å². The van der Waals surface area contributed by atoms with E-state index in [4.69, 9.17) is 0 Å². The molecule has 1 nitrogen and oxygen atoms in total. The first-order valence-corrected chi connectivity index (χ1v) is 10.3. The molecule has 0 saturated heterocycles. The Morgan fingerprint density at radius 3 is 1.83 bits per heavy atom. The number of rotatable bonds is 4. The topological polar surface area (TPSA) is 20.2 Å². The van der Waals surface area contributed by atoms with Gasteiger partial charge in [-0.1, -0.05) is 84.6 Å². The van der Waals surface area contributed by atoms with Crippen LogP contribution in [-0.4, -0.2) is 19.4 Å². The molecule has 0 amide bonds. The van der Waals surface area contributed by atoms with Gasteiger partial charge in [-0.3, -0.25) is 0 Å². The van der Waals surface area contributed by atoms with Crippen LogP contribution in [0.2, 0.25) is 13.1 Å². The first-order chi connectivity index (χ1) is 10.7. The van der Waals surface area contributed by atoms with Gasteiger partial charge in [0.1, 0.15) is 8.07 Å². The van der Waals surface area contributed by atoms with Crippen molar-refractivity contribution >= 4 is 13.3 Å². The fourth-order valence-corrected chi connectivity index (χ4v) is 4.24. The highest BCUT2D eigenvalue weighted by Gasteiger charge is 2.53. The van der Waals surface area contributed by atoms with Crippen LogP contribution in [0.5, 0.6) is 0 Å². The van der Waals surface area contributed by atoms with Crippen LogP contribution in [0.4, 0.5) is 13.2 Å². The number of aliphatic hydroxyl groups is 1. The second kappa shape index (κ2) is 6.33. The van der Waals surface area contributed by atoms with E-state index in [0.29, 0.717) is 0 Å². The molecule has 0 aliphatic carbocycles. The van der Waals surface area contributed by atoms with E-state index in [9.17, 15) is 18.3 Å². The quantitative estimate of drug-likeness (QED) is 0.832. The minimum absolute atomic E-state index is 0.179. The van der Waals surface area contributed by atoms with E-state index in [-0.39, 0.29) is 5.56 Å². The van der Waals surface area contributed by atoms with Crippen LogP contribution in [0.15, 0.2) is 72.4 Å². The van der Waals surface area contributed by atoms with Crippen molar-refractivity contribution in [2.24, 2.45) is 0 Å². The van der Waals surface area contributed by atoms with Crippen molar-refractivity contribution in [1.29, 1.82) is 0 Å². The van der Waals surface area contributed by atoms with Gasteiger partial charge in [0, 0.05) is 0 Å². The fourth-order valence-electron chi connectivity index (χ4n) is 2.34. The molecule has 0 saturated carbocycles. The summed E-state index contributed by atoms with van der Waals surface area (Å²) in [6.45, 7) is 3.89. The summed E-state index contributed by atoms with van der Waals surface area (Å²) < 4.78 is 40.4. The maximum absolute atomic E-state index is 13.5. The van der Waals surface area contributed by atoms with Crippen LogP contribution in [0.25, 0.3) is 0 Å². The van der Waals surface area contributed by atoms with E-state index in [1.807, 2.05) is 43.4 Å². The maximum atomic E-state index is 13.5. The highest BCUT2D eigenvalue weighted by molar-refractivity contribution is 6.93. The summed E-state index contributed by atoms with van der Waals surface area (Å²) in [5.41, 5.74) is -1.61. The van der Waals surface area contributed by atoms with Crippen LogP contribution in [0.3, 0.4) is 0 Å². The van der Waals surface area contributed by atoms with Gasteiger partial charge in [-0.25, -0.2) is 0 Å². The average molecular weight is 336 g/mol. The third kappa shape index (κ3) is 3.73. The molecule has 0 aromatic heterocycles. The Morgan fingerprint density at radius 1 is 0.870 bits per heavy atom. The minimum atomic E-state index is -4.79. The fraction of sp³-hybridized carbons (Fsp3) is 0.222.